The van der Waals surface area contributed by atoms with Gasteiger partial charge in [-0.15, -0.1) is 0 Å². The van der Waals surface area contributed by atoms with Crippen molar-refractivity contribution in [2.45, 2.75) is 52.1 Å². The predicted octanol–water partition coefficient (Wildman–Crippen LogP) is 3.20. The van der Waals surface area contributed by atoms with E-state index in [1.807, 2.05) is 6.92 Å². The number of likely N-dealkylation sites (N-methyl/N-ethyl adjacent to an activating group) is 1. The molecule has 0 radical (unpaired) electrons. The number of nitrogens with zero attached hydrogens (tertiary/aromatic N) is 2. The first-order valence-electron chi connectivity index (χ1n) is 10.1. The van der Waals surface area contributed by atoms with Crippen LogP contribution >= 0.6 is 0 Å². The van der Waals surface area contributed by atoms with E-state index >= 15 is 0 Å². The number of rotatable bonds is 9. The Balaban J connectivity index is 2.45. The minimum Gasteiger partial charge on any atom is -0.497 e. The van der Waals surface area contributed by atoms with E-state index in [9.17, 15) is 18.0 Å². The van der Waals surface area contributed by atoms with Crippen molar-refractivity contribution < 1.29 is 27.5 Å². The van der Waals surface area contributed by atoms with Crippen molar-refractivity contribution in [3.8, 4) is 5.75 Å². The quantitative estimate of drug-likeness (QED) is 0.430. The van der Waals surface area contributed by atoms with Gasteiger partial charge < -0.3 is 14.0 Å². The lowest BCUT2D eigenvalue weighted by atomic mass is 10.0. The van der Waals surface area contributed by atoms with Crippen molar-refractivity contribution in [1.29, 1.82) is 0 Å². The van der Waals surface area contributed by atoms with Crippen LogP contribution in [-0.4, -0.2) is 55.8 Å². The maximum atomic E-state index is 13.4. The minimum atomic E-state index is -3.92. The Morgan fingerprint density at radius 1 is 1.13 bits per heavy atom. The van der Waals surface area contributed by atoms with Gasteiger partial charge >= 0.3 is 5.97 Å². The van der Waals surface area contributed by atoms with Crippen molar-refractivity contribution in [1.82, 2.24) is 8.87 Å². The van der Waals surface area contributed by atoms with Crippen molar-refractivity contribution >= 4 is 21.8 Å². The Morgan fingerprint density at radius 2 is 1.71 bits per heavy atom. The first-order valence-corrected chi connectivity index (χ1v) is 11.5. The van der Waals surface area contributed by atoms with Crippen LogP contribution in [-0.2, 0) is 21.3 Å². The summed E-state index contributed by atoms with van der Waals surface area (Å²) in [5.74, 6) is -0.354. The fraction of sp³-hybridized carbons (Fsp3) is 0.455. The zero-order valence-corrected chi connectivity index (χ0v) is 19.9. The normalized spacial score (nSPS) is 12.6. The molecule has 0 fully saturated rings. The van der Waals surface area contributed by atoms with E-state index in [-0.39, 0.29) is 17.3 Å². The topological polar surface area (TPSA) is 94.9 Å². The summed E-state index contributed by atoms with van der Waals surface area (Å²) in [4.78, 5) is 25.9. The summed E-state index contributed by atoms with van der Waals surface area (Å²) in [6.45, 7) is 9.24. The maximum absolute atomic E-state index is 13.4. The summed E-state index contributed by atoms with van der Waals surface area (Å²) in [5, 5.41) is 0. The molecule has 8 nitrogen and oxygen atoms in total. The van der Waals surface area contributed by atoms with Gasteiger partial charge in [0.2, 0.25) is 10.0 Å². The average Bonchev–Trinajstić information content (AvgIpc) is 3.01. The third-order valence-corrected chi connectivity index (χ3v) is 7.40. The highest BCUT2D eigenvalue weighted by Gasteiger charge is 2.34. The highest BCUT2D eigenvalue weighted by molar-refractivity contribution is 7.89. The number of ketones is 1. The molecule has 0 unspecified atom stereocenters. The number of Topliss-reactive ketones (excluding diaryl/α,β-unsaturated/α-hetero) is 1. The van der Waals surface area contributed by atoms with Crippen LogP contribution in [0.4, 0.5) is 0 Å². The molecule has 2 aromatic rings. The second-order valence-electron chi connectivity index (χ2n) is 7.14. The molecule has 0 amide bonds. The number of aromatic nitrogens is 1. The molecule has 31 heavy (non-hydrogen) atoms. The minimum absolute atomic E-state index is 0.0576. The molecule has 0 N–H and O–H groups in total. The zero-order chi connectivity index (χ0) is 23.5. The number of methoxy groups -OCH3 is 1. The number of benzene rings is 1. The number of carbonyl (C=O) groups excluding carboxylic acids is 2. The Hall–Kier alpha value is -2.65. The molecule has 0 saturated heterocycles. The van der Waals surface area contributed by atoms with Gasteiger partial charge in [0.05, 0.1) is 24.7 Å². The fourth-order valence-electron chi connectivity index (χ4n) is 3.61. The molecule has 0 aliphatic carbocycles. The van der Waals surface area contributed by atoms with Gasteiger partial charge in [-0.1, -0.05) is 0 Å². The molecule has 0 aliphatic rings. The molecule has 0 aliphatic heterocycles. The standard InChI is InChI=1S/C22H30N2O6S/c1-8-24-15(4)19(14(3)20(24)22(26)30-9-2)21(25)16(5)23(6)31(27,28)18-12-10-17(29-7)11-13-18/h10-13,16H,8-9H2,1-7H3/t16-/m0/s1. The van der Waals surface area contributed by atoms with Gasteiger partial charge in [0.15, 0.2) is 5.78 Å². The van der Waals surface area contributed by atoms with Crippen LogP contribution in [0.5, 0.6) is 5.75 Å². The van der Waals surface area contributed by atoms with Gasteiger partial charge in [0, 0.05) is 24.8 Å². The first kappa shape index (κ1) is 24.6. The van der Waals surface area contributed by atoms with Crippen molar-refractivity contribution in [3.63, 3.8) is 0 Å². The fourth-order valence-corrected chi connectivity index (χ4v) is 4.94. The van der Waals surface area contributed by atoms with Crippen LogP contribution in [0.1, 0.15) is 52.9 Å². The maximum Gasteiger partial charge on any atom is 0.355 e. The van der Waals surface area contributed by atoms with E-state index in [2.05, 4.69) is 0 Å². The predicted molar refractivity (Wildman–Crippen MR) is 117 cm³/mol. The smallest absolute Gasteiger partial charge is 0.355 e. The second kappa shape index (κ2) is 9.65. The van der Waals surface area contributed by atoms with E-state index in [1.54, 1.807) is 37.5 Å². The molecule has 1 aromatic heterocycles. The summed E-state index contributed by atoms with van der Waals surface area (Å²) >= 11 is 0. The average molecular weight is 451 g/mol. The molecule has 9 heteroatoms. The summed E-state index contributed by atoms with van der Waals surface area (Å²) in [7, 11) is -1.05. The van der Waals surface area contributed by atoms with Crippen LogP contribution in [0, 0.1) is 13.8 Å². The Labute approximate surface area is 183 Å². The molecule has 0 saturated carbocycles. The van der Waals surface area contributed by atoms with E-state index in [4.69, 9.17) is 9.47 Å². The molecule has 1 aromatic carbocycles. The number of sulfonamides is 1. The number of hydrogen-bond acceptors (Lipinski definition) is 6. The van der Waals surface area contributed by atoms with E-state index < -0.39 is 22.0 Å². The van der Waals surface area contributed by atoms with Crippen LogP contribution in [0.2, 0.25) is 0 Å². The first-order chi connectivity index (χ1) is 14.5. The molecule has 1 atom stereocenters. The molecule has 0 bridgehead atoms. The van der Waals surface area contributed by atoms with E-state index in [0.717, 1.165) is 4.31 Å². The van der Waals surface area contributed by atoms with Gasteiger partial charge in [-0.05, 0) is 64.4 Å². The number of hydrogen-bond donors (Lipinski definition) is 0. The number of esters is 1. The lowest BCUT2D eigenvalue weighted by Gasteiger charge is -2.24. The summed E-state index contributed by atoms with van der Waals surface area (Å²) in [6, 6.07) is 4.99. The van der Waals surface area contributed by atoms with Crippen LogP contribution in [0.3, 0.4) is 0 Å². The highest BCUT2D eigenvalue weighted by Crippen LogP contribution is 2.27. The molecule has 2 rings (SSSR count). The Bertz CT molecular complexity index is 1070. The summed E-state index contributed by atoms with van der Waals surface area (Å²) in [5.41, 5.74) is 1.76. The van der Waals surface area contributed by atoms with Gasteiger partial charge in [-0.3, -0.25) is 4.79 Å². The Morgan fingerprint density at radius 3 is 2.19 bits per heavy atom. The lowest BCUT2D eigenvalue weighted by molar-refractivity contribution is 0.0512. The largest absolute Gasteiger partial charge is 0.497 e. The highest BCUT2D eigenvalue weighted by atomic mass is 32.2. The SMILES string of the molecule is CCOC(=O)c1c(C)c(C(=O)[C@H](C)N(C)S(=O)(=O)c2ccc(OC)cc2)c(C)n1CC. The molecule has 170 valence electrons. The third-order valence-electron chi connectivity index (χ3n) is 5.46. The van der Waals surface area contributed by atoms with Crippen LogP contribution in [0.15, 0.2) is 29.2 Å². The van der Waals surface area contributed by atoms with Gasteiger partial charge in [0.1, 0.15) is 11.4 Å². The summed E-state index contributed by atoms with van der Waals surface area (Å²) < 4.78 is 39.1. The van der Waals surface area contributed by atoms with Gasteiger partial charge in [-0.2, -0.15) is 4.31 Å². The molecular formula is C22H30N2O6S. The lowest BCUT2D eigenvalue weighted by Crippen LogP contribution is -2.40. The number of carbonyl (C=O) groups is 2. The van der Waals surface area contributed by atoms with E-state index in [1.165, 1.54) is 33.2 Å². The Kier molecular flexibility index (Phi) is 7.67. The molecular weight excluding hydrogens is 420 g/mol. The summed E-state index contributed by atoms with van der Waals surface area (Å²) in [6.07, 6.45) is 0. The molecule has 1 heterocycles. The second-order valence-corrected chi connectivity index (χ2v) is 9.13. The van der Waals surface area contributed by atoms with Crippen molar-refractivity contribution in [2.75, 3.05) is 20.8 Å². The monoisotopic (exact) mass is 450 g/mol. The number of ether oxygens (including phenoxy) is 2. The van der Waals surface area contributed by atoms with Gasteiger partial charge in [0.25, 0.3) is 0 Å². The van der Waals surface area contributed by atoms with Crippen LogP contribution in [0.25, 0.3) is 0 Å². The van der Waals surface area contributed by atoms with Crippen molar-refractivity contribution in [2.24, 2.45) is 0 Å². The zero-order valence-electron chi connectivity index (χ0n) is 19.1. The van der Waals surface area contributed by atoms with Crippen molar-refractivity contribution in [3.05, 3.63) is 46.8 Å². The van der Waals surface area contributed by atoms with Gasteiger partial charge in [-0.25, -0.2) is 13.2 Å². The van der Waals surface area contributed by atoms with E-state index in [0.29, 0.717) is 34.8 Å². The molecule has 0 spiro atoms. The third kappa shape index (κ3) is 4.52. The van der Waals surface area contributed by atoms with Crippen LogP contribution < -0.4 is 4.74 Å².